The highest BCUT2D eigenvalue weighted by Crippen LogP contribution is 2.23. The Hall–Kier alpha value is -1.72. The molecule has 2 rings (SSSR count). The highest BCUT2D eigenvalue weighted by molar-refractivity contribution is 5.57. The lowest BCUT2D eigenvalue weighted by Crippen LogP contribution is -2.20. The summed E-state index contributed by atoms with van der Waals surface area (Å²) in [6.45, 7) is 4.30. The minimum absolute atomic E-state index is 0.259. The van der Waals surface area contributed by atoms with Crippen molar-refractivity contribution in [3.63, 3.8) is 0 Å². The average molecular weight is 292 g/mol. The summed E-state index contributed by atoms with van der Waals surface area (Å²) in [4.78, 5) is 4.24. The number of hydrogen-bond donors (Lipinski definition) is 1. The third-order valence-corrected chi connectivity index (χ3v) is 3.11. The first-order valence-corrected chi connectivity index (χ1v) is 7.11. The molecule has 1 aromatic carbocycles. The van der Waals surface area contributed by atoms with Gasteiger partial charge in [-0.2, -0.15) is 0 Å². The van der Waals surface area contributed by atoms with E-state index in [-0.39, 0.29) is 5.82 Å². The van der Waals surface area contributed by atoms with Gasteiger partial charge in [-0.05, 0) is 43.7 Å². The van der Waals surface area contributed by atoms with Crippen LogP contribution >= 0.6 is 0 Å². The molecule has 2 aromatic rings. The van der Waals surface area contributed by atoms with Crippen LogP contribution in [0.5, 0.6) is 0 Å². The molecule has 0 fully saturated rings. The van der Waals surface area contributed by atoms with Crippen molar-refractivity contribution in [3.05, 3.63) is 41.7 Å². The van der Waals surface area contributed by atoms with Gasteiger partial charge in [-0.15, -0.1) is 0 Å². The van der Waals surface area contributed by atoms with E-state index in [9.17, 15) is 4.39 Å². The first-order valence-electron chi connectivity index (χ1n) is 7.11. The van der Waals surface area contributed by atoms with Crippen molar-refractivity contribution in [1.82, 2.24) is 10.3 Å². The second-order valence-electron chi connectivity index (χ2n) is 4.98. The number of ether oxygens (including phenoxy) is 1. The molecular weight excluding hydrogens is 271 g/mol. The predicted molar refractivity (Wildman–Crippen MR) is 79.7 cm³/mol. The van der Waals surface area contributed by atoms with Gasteiger partial charge >= 0.3 is 0 Å². The van der Waals surface area contributed by atoms with Crippen LogP contribution < -0.4 is 5.32 Å². The number of methoxy groups -OCH3 is 1. The molecule has 0 aliphatic rings. The van der Waals surface area contributed by atoms with Gasteiger partial charge in [0.2, 0.25) is 0 Å². The molecule has 0 aliphatic carbocycles. The Balaban J connectivity index is 1.86. The third kappa shape index (κ3) is 4.95. The van der Waals surface area contributed by atoms with Crippen LogP contribution in [0.1, 0.15) is 17.9 Å². The van der Waals surface area contributed by atoms with E-state index < -0.39 is 0 Å². The van der Waals surface area contributed by atoms with Crippen LogP contribution in [0.4, 0.5) is 4.39 Å². The molecule has 4 nitrogen and oxygen atoms in total. The van der Waals surface area contributed by atoms with Gasteiger partial charge in [-0.1, -0.05) is 0 Å². The Morgan fingerprint density at radius 2 is 2.14 bits per heavy atom. The lowest BCUT2D eigenvalue weighted by atomic mass is 10.1. The van der Waals surface area contributed by atoms with Gasteiger partial charge in [0, 0.05) is 25.6 Å². The van der Waals surface area contributed by atoms with Crippen molar-refractivity contribution in [2.45, 2.75) is 19.8 Å². The van der Waals surface area contributed by atoms with Gasteiger partial charge in [0.15, 0.2) is 11.7 Å². The fourth-order valence-electron chi connectivity index (χ4n) is 2.10. The van der Waals surface area contributed by atoms with Crippen LogP contribution in [0.25, 0.3) is 11.3 Å². The molecule has 0 amide bonds. The molecule has 0 spiro atoms. The number of nitrogens with one attached hydrogen (secondary N) is 1. The first kappa shape index (κ1) is 15.7. The van der Waals surface area contributed by atoms with Crippen molar-refractivity contribution in [2.75, 3.05) is 26.8 Å². The zero-order valence-electron chi connectivity index (χ0n) is 12.5. The zero-order valence-corrected chi connectivity index (χ0v) is 12.5. The van der Waals surface area contributed by atoms with E-state index in [0.29, 0.717) is 18.3 Å². The fourth-order valence-corrected chi connectivity index (χ4v) is 2.10. The largest absolute Gasteiger partial charge is 0.441 e. The molecule has 1 aromatic heterocycles. The van der Waals surface area contributed by atoms with E-state index in [1.165, 1.54) is 12.1 Å². The molecule has 0 atom stereocenters. The minimum Gasteiger partial charge on any atom is -0.441 e. The molecule has 5 heteroatoms. The maximum Gasteiger partial charge on any atom is 0.194 e. The Morgan fingerprint density at radius 3 is 2.90 bits per heavy atom. The molecule has 0 radical (unpaired) electrons. The summed E-state index contributed by atoms with van der Waals surface area (Å²) >= 11 is 0. The summed E-state index contributed by atoms with van der Waals surface area (Å²) in [5, 5.41) is 3.27. The molecule has 0 bridgehead atoms. The number of aryl methyl sites for hydroxylation is 2. The molecule has 0 saturated heterocycles. The van der Waals surface area contributed by atoms with Gasteiger partial charge in [0.25, 0.3) is 0 Å². The van der Waals surface area contributed by atoms with Crippen LogP contribution in [0.15, 0.2) is 28.8 Å². The smallest absolute Gasteiger partial charge is 0.194 e. The summed E-state index contributed by atoms with van der Waals surface area (Å²) in [6, 6.07) is 4.84. The van der Waals surface area contributed by atoms with Gasteiger partial charge in [-0.3, -0.25) is 0 Å². The molecule has 0 saturated carbocycles. The zero-order chi connectivity index (χ0) is 15.1. The topological polar surface area (TPSA) is 47.3 Å². The molecule has 0 aliphatic heterocycles. The van der Waals surface area contributed by atoms with Crippen LogP contribution in [0, 0.1) is 12.7 Å². The Labute approximate surface area is 124 Å². The summed E-state index contributed by atoms with van der Waals surface area (Å²) in [6.07, 6.45) is 3.35. The number of halogens is 1. The van der Waals surface area contributed by atoms with Crippen LogP contribution in [-0.2, 0) is 11.2 Å². The van der Waals surface area contributed by atoms with Gasteiger partial charge in [0.05, 0.1) is 12.8 Å². The lowest BCUT2D eigenvalue weighted by molar-refractivity contribution is 0.199. The van der Waals surface area contributed by atoms with Gasteiger partial charge < -0.3 is 14.5 Å². The SMILES string of the molecule is COCCNCCCc1ncc(-c2cc(C)cc(F)c2)o1. The summed E-state index contributed by atoms with van der Waals surface area (Å²) in [5.74, 6) is 1.03. The molecule has 1 N–H and O–H groups in total. The number of rotatable bonds is 8. The fraction of sp³-hybridized carbons (Fsp3) is 0.438. The highest BCUT2D eigenvalue weighted by atomic mass is 19.1. The minimum atomic E-state index is -0.259. The van der Waals surface area contributed by atoms with E-state index in [1.54, 1.807) is 13.3 Å². The van der Waals surface area contributed by atoms with E-state index >= 15 is 0 Å². The summed E-state index contributed by atoms with van der Waals surface area (Å²) in [7, 11) is 1.68. The molecule has 21 heavy (non-hydrogen) atoms. The second-order valence-corrected chi connectivity index (χ2v) is 4.98. The van der Waals surface area contributed by atoms with Crippen molar-refractivity contribution >= 4 is 0 Å². The predicted octanol–water partition coefficient (Wildman–Crippen LogP) is 2.96. The molecule has 1 heterocycles. The second kappa shape index (κ2) is 7.90. The highest BCUT2D eigenvalue weighted by Gasteiger charge is 2.08. The first-order chi connectivity index (χ1) is 10.2. The van der Waals surface area contributed by atoms with Crippen LogP contribution in [-0.4, -0.2) is 31.8 Å². The maximum atomic E-state index is 13.4. The van der Waals surface area contributed by atoms with Gasteiger partial charge in [-0.25, -0.2) is 9.37 Å². The Kier molecular flexibility index (Phi) is 5.90. The van der Waals surface area contributed by atoms with E-state index in [0.717, 1.165) is 37.1 Å². The molecular formula is C16H21FN2O2. The van der Waals surface area contributed by atoms with Crippen molar-refractivity contribution in [1.29, 1.82) is 0 Å². The maximum absolute atomic E-state index is 13.4. The molecule has 0 unspecified atom stereocenters. The van der Waals surface area contributed by atoms with E-state index in [1.807, 2.05) is 13.0 Å². The van der Waals surface area contributed by atoms with Crippen molar-refractivity contribution < 1.29 is 13.5 Å². The number of oxazole rings is 1. The lowest BCUT2D eigenvalue weighted by Gasteiger charge is -2.02. The standard InChI is InChI=1S/C16H21FN2O2/c1-12-8-13(10-14(17)9-12)15-11-19-16(21-15)4-3-5-18-6-7-20-2/h8-11,18H,3-7H2,1-2H3. The van der Waals surface area contributed by atoms with E-state index in [2.05, 4.69) is 10.3 Å². The van der Waals surface area contributed by atoms with E-state index in [4.69, 9.17) is 9.15 Å². The number of nitrogens with zero attached hydrogens (tertiary/aromatic N) is 1. The number of benzene rings is 1. The summed E-state index contributed by atoms with van der Waals surface area (Å²) < 4.78 is 24.0. The monoisotopic (exact) mass is 292 g/mol. The van der Waals surface area contributed by atoms with Crippen LogP contribution in [0.2, 0.25) is 0 Å². The van der Waals surface area contributed by atoms with Crippen molar-refractivity contribution in [2.24, 2.45) is 0 Å². The van der Waals surface area contributed by atoms with Crippen LogP contribution in [0.3, 0.4) is 0 Å². The quantitative estimate of drug-likeness (QED) is 0.760. The van der Waals surface area contributed by atoms with Crippen molar-refractivity contribution in [3.8, 4) is 11.3 Å². The average Bonchev–Trinajstić information content (AvgIpc) is 2.90. The number of aromatic nitrogens is 1. The Morgan fingerprint density at radius 1 is 1.29 bits per heavy atom. The number of hydrogen-bond acceptors (Lipinski definition) is 4. The third-order valence-electron chi connectivity index (χ3n) is 3.11. The van der Waals surface area contributed by atoms with Gasteiger partial charge in [0.1, 0.15) is 5.82 Å². The Bertz CT molecular complexity index is 549. The normalized spacial score (nSPS) is 11.0. The summed E-state index contributed by atoms with van der Waals surface area (Å²) in [5.41, 5.74) is 1.59. The molecule has 114 valence electrons.